The second kappa shape index (κ2) is 7.17. The number of hydrogen-bond acceptors (Lipinski definition) is 2. The lowest BCUT2D eigenvalue weighted by Gasteiger charge is -2.09. The summed E-state index contributed by atoms with van der Waals surface area (Å²) in [7, 11) is 0. The predicted octanol–water partition coefficient (Wildman–Crippen LogP) is 4.43. The topological polar surface area (TPSA) is 41.1 Å². The van der Waals surface area contributed by atoms with E-state index in [0.29, 0.717) is 23.0 Å². The van der Waals surface area contributed by atoms with Crippen LogP contribution in [0.1, 0.15) is 6.42 Å². The van der Waals surface area contributed by atoms with Gasteiger partial charge in [0.2, 0.25) is 5.91 Å². The van der Waals surface area contributed by atoms with Crippen molar-refractivity contribution >= 4 is 40.5 Å². The monoisotopic (exact) mass is 308 g/mol. The molecule has 2 N–H and O–H groups in total. The Morgan fingerprint density at radius 2 is 1.80 bits per heavy atom. The molecule has 0 aliphatic rings. The molecule has 20 heavy (non-hydrogen) atoms. The van der Waals surface area contributed by atoms with E-state index in [0.717, 1.165) is 11.4 Å². The molecule has 0 unspecified atom stereocenters. The molecule has 2 aromatic carbocycles. The minimum Gasteiger partial charge on any atom is -0.383 e. The fourth-order valence-corrected chi connectivity index (χ4v) is 2.16. The van der Waals surface area contributed by atoms with Crippen LogP contribution in [0.15, 0.2) is 48.5 Å². The first-order chi connectivity index (χ1) is 9.65. The summed E-state index contributed by atoms with van der Waals surface area (Å²) in [5, 5.41) is 7.05. The summed E-state index contributed by atoms with van der Waals surface area (Å²) >= 11 is 11.8. The van der Waals surface area contributed by atoms with Gasteiger partial charge < -0.3 is 10.6 Å². The van der Waals surface area contributed by atoms with E-state index in [9.17, 15) is 4.79 Å². The van der Waals surface area contributed by atoms with Crippen molar-refractivity contribution in [3.05, 3.63) is 58.6 Å². The number of carbonyl (C=O) groups excluding carboxylic acids is 1. The summed E-state index contributed by atoms with van der Waals surface area (Å²) in [5.74, 6) is -0.0474. The van der Waals surface area contributed by atoms with E-state index >= 15 is 0 Å². The van der Waals surface area contributed by atoms with Crippen LogP contribution in [0.25, 0.3) is 0 Å². The standard InChI is InChI=1S/C15H14Cl2N2O/c16-11-6-7-14(13(17)10-11)18-9-8-15(20)19-12-4-2-1-3-5-12/h1-7,10,18H,8-9H2,(H,19,20). The van der Waals surface area contributed by atoms with E-state index in [-0.39, 0.29) is 5.91 Å². The summed E-state index contributed by atoms with van der Waals surface area (Å²) in [6, 6.07) is 14.6. The largest absolute Gasteiger partial charge is 0.383 e. The molecule has 0 fully saturated rings. The number of nitrogens with one attached hydrogen (secondary N) is 2. The van der Waals surface area contributed by atoms with Gasteiger partial charge in [0.25, 0.3) is 0 Å². The summed E-state index contributed by atoms with van der Waals surface area (Å²) < 4.78 is 0. The van der Waals surface area contributed by atoms with Crippen LogP contribution < -0.4 is 10.6 Å². The zero-order valence-corrected chi connectivity index (χ0v) is 12.2. The highest BCUT2D eigenvalue weighted by atomic mass is 35.5. The average Bonchev–Trinajstić information content (AvgIpc) is 2.42. The lowest BCUT2D eigenvalue weighted by atomic mass is 10.3. The summed E-state index contributed by atoms with van der Waals surface area (Å²) in [4.78, 5) is 11.7. The smallest absolute Gasteiger partial charge is 0.226 e. The van der Waals surface area contributed by atoms with E-state index < -0.39 is 0 Å². The van der Waals surface area contributed by atoms with Crippen molar-refractivity contribution < 1.29 is 4.79 Å². The Morgan fingerprint density at radius 3 is 2.50 bits per heavy atom. The zero-order chi connectivity index (χ0) is 14.4. The van der Waals surface area contributed by atoms with E-state index in [1.165, 1.54) is 0 Å². The molecule has 0 spiro atoms. The fraction of sp³-hybridized carbons (Fsp3) is 0.133. The van der Waals surface area contributed by atoms with Crippen LogP contribution in [0.2, 0.25) is 10.0 Å². The van der Waals surface area contributed by atoms with Crippen LogP contribution in [0.5, 0.6) is 0 Å². The molecule has 0 radical (unpaired) electrons. The van der Waals surface area contributed by atoms with Crippen LogP contribution in [0.4, 0.5) is 11.4 Å². The normalized spacial score (nSPS) is 10.1. The lowest BCUT2D eigenvalue weighted by molar-refractivity contribution is -0.115. The Hall–Kier alpha value is -1.71. The first kappa shape index (κ1) is 14.7. The SMILES string of the molecule is O=C(CCNc1ccc(Cl)cc1Cl)Nc1ccccc1. The number of rotatable bonds is 5. The lowest BCUT2D eigenvalue weighted by Crippen LogP contribution is -2.16. The van der Waals surface area contributed by atoms with Gasteiger partial charge in [-0.3, -0.25) is 4.79 Å². The molecular formula is C15H14Cl2N2O. The molecule has 2 rings (SSSR count). The van der Waals surface area contributed by atoms with Crippen LogP contribution in [-0.2, 0) is 4.79 Å². The van der Waals surface area contributed by atoms with Crippen molar-refractivity contribution in [3.8, 4) is 0 Å². The number of halogens is 2. The Labute approximate surface area is 127 Å². The van der Waals surface area contributed by atoms with Crippen molar-refractivity contribution in [2.45, 2.75) is 6.42 Å². The van der Waals surface area contributed by atoms with Gasteiger partial charge in [0, 0.05) is 23.7 Å². The molecule has 0 aromatic heterocycles. The van der Waals surface area contributed by atoms with E-state index in [2.05, 4.69) is 10.6 Å². The number of anilines is 2. The van der Waals surface area contributed by atoms with Crippen molar-refractivity contribution in [3.63, 3.8) is 0 Å². The van der Waals surface area contributed by atoms with Gasteiger partial charge in [-0.15, -0.1) is 0 Å². The predicted molar refractivity (Wildman–Crippen MR) is 84.6 cm³/mol. The highest BCUT2D eigenvalue weighted by Crippen LogP contribution is 2.25. The fourth-order valence-electron chi connectivity index (χ4n) is 1.69. The van der Waals surface area contributed by atoms with E-state index in [4.69, 9.17) is 23.2 Å². The maximum absolute atomic E-state index is 11.7. The molecule has 0 saturated carbocycles. The highest BCUT2D eigenvalue weighted by molar-refractivity contribution is 6.36. The maximum atomic E-state index is 11.7. The number of carbonyl (C=O) groups is 1. The van der Waals surface area contributed by atoms with Gasteiger partial charge in [-0.05, 0) is 30.3 Å². The number of para-hydroxylation sites is 1. The van der Waals surface area contributed by atoms with Crippen LogP contribution in [-0.4, -0.2) is 12.5 Å². The molecule has 0 aliphatic carbocycles. The number of benzene rings is 2. The first-order valence-corrected chi connectivity index (χ1v) is 6.94. The third-order valence-corrected chi connectivity index (χ3v) is 3.20. The molecule has 0 saturated heterocycles. The van der Waals surface area contributed by atoms with Gasteiger partial charge in [-0.2, -0.15) is 0 Å². The summed E-state index contributed by atoms with van der Waals surface area (Å²) in [6.45, 7) is 0.500. The quantitative estimate of drug-likeness (QED) is 0.857. The van der Waals surface area contributed by atoms with E-state index in [1.54, 1.807) is 18.2 Å². The average molecular weight is 309 g/mol. The summed E-state index contributed by atoms with van der Waals surface area (Å²) in [5.41, 5.74) is 1.56. The molecule has 3 nitrogen and oxygen atoms in total. The molecule has 0 aliphatic heterocycles. The molecule has 0 atom stereocenters. The molecule has 104 valence electrons. The third kappa shape index (κ3) is 4.44. The van der Waals surface area contributed by atoms with Crippen molar-refractivity contribution in [2.24, 2.45) is 0 Å². The van der Waals surface area contributed by atoms with Gasteiger partial charge >= 0.3 is 0 Å². The van der Waals surface area contributed by atoms with Gasteiger partial charge in [-0.1, -0.05) is 41.4 Å². The Balaban J connectivity index is 1.79. The minimum atomic E-state index is -0.0474. The Kier molecular flexibility index (Phi) is 5.27. The third-order valence-electron chi connectivity index (χ3n) is 2.66. The summed E-state index contributed by atoms with van der Waals surface area (Å²) in [6.07, 6.45) is 0.355. The van der Waals surface area contributed by atoms with Gasteiger partial charge in [-0.25, -0.2) is 0 Å². The number of hydrogen-bond donors (Lipinski definition) is 2. The molecule has 0 bridgehead atoms. The van der Waals surface area contributed by atoms with Crippen molar-refractivity contribution in [2.75, 3.05) is 17.2 Å². The van der Waals surface area contributed by atoms with Crippen LogP contribution in [0, 0.1) is 0 Å². The first-order valence-electron chi connectivity index (χ1n) is 6.19. The molecule has 2 aromatic rings. The minimum absolute atomic E-state index is 0.0474. The van der Waals surface area contributed by atoms with Crippen molar-refractivity contribution in [1.82, 2.24) is 0 Å². The van der Waals surface area contributed by atoms with Crippen molar-refractivity contribution in [1.29, 1.82) is 0 Å². The maximum Gasteiger partial charge on any atom is 0.226 e. The Morgan fingerprint density at radius 1 is 1.05 bits per heavy atom. The number of amides is 1. The van der Waals surface area contributed by atoms with Crippen LogP contribution >= 0.6 is 23.2 Å². The van der Waals surface area contributed by atoms with Gasteiger partial charge in [0.15, 0.2) is 0 Å². The molecule has 5 heteroatoms. The second-order valence-corrected chi connectivity index (χ2v) is 5.06. The van der Waals surface area contributed by atoms with Gasteiger partial charge in [0.05, 0.1) is 10.7 Å². The van der Waals surface area contributed by atoms with Gasteiger partial charge in [0.1, 0.15) is 0 Å². The molecule has 1 amide bonds. The Bertz CT molecular complexity index is 588. The highest BCUT2D eigenvalue weighted by Gasteiger charge is 2.04. The second-order valence-electron chi connectivity index (χ2n) is 4.22. The zero-order valence-electron chi connectivity index (χ0n) is 10.7. The molecular weight excluding hydrogens is 295 g/mol. The van der Waals surface area contributed by atoms with Crippen LogP contribution in [0.3, 0.4) is 0 Å². The molecule has 0 heterocycles. The van der Waals surface area contributed by atoms with E-state index in [1.807, 2.05) is 30.3 Å².